The molecule has 1 saturated heterocycles. The van der Waals surface area contributed by atoms with Gasteiger partial charge in [0.2, 0.25) is 5.91 Å². The Morgan fingerprint density at radius 1 is 1.38 bits per heavy atom. The average molecular weight is 283 g/mol. The van der Waals surface area contributed by atoms with Gasteiger partial charge in [-0.3, -0.25) is 9.78 Å². The summed E-state index contributed by atoms with van der Waals surface area (Å²) in [6.45, 7) is 6.32. The Kier molecular flexibility index (Phi) is 3.88. The number of carbonyl (C=O) groups is 1. The lowest BCUT2D eigenvalue weighted by Crippen LogP contribution is -2.41. The summed E-state index contributed by atoms with van der Waals surface area (Å²) in [6, 6.07) is 10.1. The second-order valence-corrected chi connectivity index (χ2v) is 5.73. The maximum Gasteiger partial charge on any atom is 0.239 e. The molecule has 1 unspecified atom stereocenters. The third kappa shape index (κ3) is 2.90. The molecular weight excluding hydrogens is 262 g/mol. The van der Waals surface area contributed by atoms with Gasteiger partial charge in [0.05, 0.1) is 11.6 Å². The molecule has 4 heteroatoms. The molecule has 1 aromatic heterocycles. The highest BCUT2D eigenvalue weighted by Gasteiger charge is 2.23. The molecule has 0 radical (unpaired) electrons. The predicted octanol–water partition coefficient (Wildman–Crippen LogP) is 2.25. The Bertz CT molecular complexity index is 668. The summed E-state index contributed by atoms with van der Waals surface area (Å²) in [5.74, 6) is 0.186. The normalized spacial score (nSPS) is 19.8. The Hall–Kier alpha value is -1.94. The van der Waals surface area contributed by atoms with Gasteiger partial charge >= 0.3 is 0 Å². The second kappa shape index (κ2) is 5.82. The molecule has 4 nitrogen and oxygen atoms in total. The van der Waals surface area contributed by atoms with Gasteiger partial charge in [0.25, 0.3) is 0 Å². The summed E-state index contributed by atoms with van der Waals surface area (Å²) < 4.78 is 0. The molecule has 0 saturated carbocycles. The fourth-order valence-corrected chi connectivity index (χ4v) is 2.95. The lowest BCUT2D eigenvalue weighted by molar-refractivity contribution is -0.132. The van der Waals surface area contributed by atoms with Crippen LogP contribution in [0, 0.1) is 6.92 Å². The number of carbonyl (C=O) groups excluding carboxylic acids is 1. The highest BCUT2D eigenvalue weighted by atomic mass is 16.2. The van der Waals surface area contributed by atoms with E-state index in [-0.39, 0.29) is 11.9 Å². The van der Waals surface area contributed by atoms with E-state index >= 15 is 0 Å². The maximum absolute atomic E-state index is 12.4. The van der Waals surface area contributed by atoms with Crippen LogP contribution < -0.4 is 5.32 Å². The van der Waals surface area contributed by atoms with E-state index in [4.69, 9.17) is 0 Å². The van der Waals surface area contributed by atoms with Crippen molar-refractivity contribution in [3.63, 3.8) is 0 Å². The number of amides is 1. The first-order valence-corrected chi connectivity index (χ1v) is 7.52. The molecule has 1 N–H and O–H groups in total. The summed E-state index contributed by atoms with van der Waals surface area (Å²) >= 11 is 0. The van der Waals surface area contributed by atoms with Gasteiger partial charge in [-0.15, -0.1) is 0 Å². The number of benzene rings is 1. The van der Waals surface area contributed by atoms with Crippen LogP contribution in [0.4, 0.5) is 0 Å². The van der Waals surface area contributed by atoms with Crippen molar-refractivity contribution in [2.45, 2.75) is 32.9 Å². The SMILES string of the molecule is Cc1cc(CN2CCCNC(C)C2=O)c2ccccc2n1. The number of aromatic nitrogens is 1. The number of pyridine rings is 1. The first-order valence-electron chi connectivity index (χ1n) is 7.52. The number of para-hydroxylation sites is 1. The molecule has 110 valence electrons. The highest BCUT2D eigenvalue weighted by Crippen LogP contribution is 2.20. The lowest BCUT2D eigenvalue weighted by atomic mass is 10.1. The van der Waals surface area contributed by atoms with Gasteiger partial charge in [0.15, 0.2) is 0 Å². The zero-order chi connectivity index (χ0) is 14.8. The number of aryl methyl sites for hydroxylation is 1. The number of fused-ring (bicyclic) bond motifs is 1. The van der Waals surface area contributed by atoms with Crippen molar-refractivity contribution < 1.29 is 4.79 Å². The predicted molar refractivity (Wildman–Crippen MR) is 84.0 cm³/mol. The second-order valence-electron chi connectivity index (χ2n) is 5.73. The summed E-state index contributed by atoms with van der Waals surface area (Å²) in [6.07, 6.45) is 0.998. The molecular formula is C17H21N3O. The molecule has 3 rings (SSSR count). The number of nitrogens with zero attached hydrogens (tertiary/aromatic N) is 2. The quantitative estimate of drug-likeness (QED) is 0.919. The molecule has 21 heavy (non-hydrogen) atoms. The minimum absolute atomic E-state index is 0.0956. The third-order valence-corrected chi connectivity index (χ3v) is 4.03. The summed E-state index contributed by atoms with van der Waals surface area (Å²) in [5.41, 5.74) is 3.18. The van der Waals surface area contributed by atoms with Crippen molar-refractivity contribution in [2.24, 2.45) is 0 Å². The van der Waals surface area contributed by atoms with Crippen LogP contribution in [-0.2, 0) is 11.3 Å². The van der Waals surface area contributed by atoms with E-state index in [1.165, 1.54) is 5.56 Å². The van der Waals surface area contributed by atoms with E-state index in [9.17, 15) is 4.79 Å². The van der Waals surface area contributed by atoms with Gasteiger partial charge in [0.1, 0.15) is 0 Å². The smallest absolute Gasteiger partial charge is 0.239 e. The zero-order valence-electron chi connectivity index (χ0n) is 12.6. The average Bonchev–Trinajstić information content (AvgIpc) is 2.63. The van der Waals surface area contributed by atoms with Crippen LogP contribution in [0.5, 0.6) is 0 Å². The lowest BCUT2D eigenvalue weighted by Gasteiger charge is -2.23. The summed E-state index contributed by atoms with van der Waals surface area (Å²) in [5, 5.41) is 4.39. The van der Waals surface area contributed by atoms with Crippen LogP contribution >= 0.6 is 0 Å². The van der Waals surface area contributed by atoms with Gasteiger partial charge in [-0.25, -0.2) is 0 Å². The number of hydrogen-bond acceptors (Lipinski definition) is 3. The summed E-state index contributed by atoms with van der Waals surface area (Å²) in [7, 11) is 0. The third-order valence-electron chi connectivity index (χ3n) is 4.03. The Labute approximate surface area is 125 Å². The first kappa shape index (κ1) is 14.0. The van der Waals surface area contributed by atoms with Crippen LogP contribution in [0.15, 0.2) is 30.3 Å². The van der Waals surface area contributed by atoms with E-state index in [1.54, 1.807) is 0 Å². The van der Waals surface area contributed by atoms with E-state index in [1.807, 2.05) is 36.9 Å². The molecule has 0 spiro atoms. The molecule has 0 bridgehead atoms. The van der Waals surface area contributed by atoms with Gasteiger partial charge in [-0.2, -0.15) is 0 Å². The highest BCUT2D eigenvalue weighted by molar-refractivity contribution is 5.84. The van der Waals surface area contributed by atoms with Crippen molar-refractivity contribution in [1.82, 2.24) is 15.2 Å². The van der Waals surface area contributed by atoms with Gasteiger partial charge in [0, 0.05) is 24.2 Å². The van der Waals surface area contributed by atoms with Crippen LogP contribution in [0.25, 0.3) is 10.9 Å². The summed E-state index contributed by atoms with van der Waals surface area (Å²) in [4.78, 5) is 18.9. The Morgan fingerprint density at radius 2 is 2.19 bits per heavy atom. The van der Waals surface area contributed by atoms with Crippen molar-refractivity contribution in [3.05, 3.63) is 41.6 Å². The molecule has 2 aromatic rings. The number of hydrogen-bond donors (Lipinski definition) is 1. The van der Waals surface area contributed by atoms with Crippen LogP contribution in [0.2, 0.25) is 0 Å². The fraction of sp³-hybridized carbons (Fsp3) is 0.412. The minimum Gasteiger partial charge on any atom is -0.337 e. The number of rotatable bonds is 2. The van der Waals surface area contributed by atoms with Crippen molar-refractivity contribution in [1.29, 1.82) is 0 Å². The van der Waals surface area contributed by atoms with Crippen LogP contribution in [-0.4, -0.2) is 34.9 Å². The monoisotopic (exact) mass is 283 g/mol. The van der Waals surface area contributed by atoms with E-state index in [0.717, 1.165) is 36.1 Å². The van der Waals surface area contributed by atoms with Crippen molar-refractivity contribution >= 4 is 16.8 Å². The molecule has 2 heterocycles. The molecule has 1 aliphatic rings. The van der Waals surface area contributed by atoms with Crippen molar-refractivity contribution in [2.75, 3.05) is 13.1 Å². The molecule has 1 aromatic carbocycles. The maximum atomic E-state index is 12.4. The standard InChI is InChI=1S/C17H21N3O/c1-12-10-14(15-6-3-4-7-16(15)19-12)11-20-9-5-8-18-13(2)17(20)21/h3-4,6-7,10,13,18H,5,8-9,11H2,1-2H3. The van der Waals surface area contributed by atoms with Gasteiger partial charge < -0.3 is 10.2 Å². The zero-order valence-corrected chi connectivity index (χ0v) is 12.6. The Morgan fingerprint density at radius 3 is 3.05 bits per heavy atom. The molecule has 1 fully saturated rings. The molecule has 1 aliphatic heterocycles. The first-order chi connectivity index (χ1) is 10.1. The molecule has 1 amide bonds. The largest absolute Gasteiger partial charge is 0.337 e. The van der Waals surface area contributed by atoms with E-state index < -0.39 is 0 Å². The van der Waals surface area contributed by atoms with Crippen LogP contribution in [0.3, 0.4) is 0 Å². The molecule has 0 aliphatic carbocycles. The van der Waals surface area contributed by atoms with E-state index in [0.29, 0.717) is 6.54 Å². The van der Waals surface area contributed by atoms with E-state index in [2.05, 4.69) is 22.4 Å². The topological polar surface area (TPSA) is 45.2 Å². The van der Waals surface area contributed by atoms with Crippen molar-refractivity contribution in [3.8, 4) is 0 Å². The Balaban J connectivity index is 1.95. The van der Waals surface area contributed by atoms with Gasteiger partial charge in [-0.1, -0.05) is 18.2 Å². The molecule has 1 atom stereocenters. The van der Waals surface area contributed by atoms with Crippen LogP contribution in [0.1, 0.15) is 24.6 Å². The number of nitrogens with one attached hydrogen (secondary N) is 1. The minimum atomic E-state index is -0.0956. The fourth-order valence-electron chi connectivity index (χ4n) is 2.95. The van der Waals surface area contributed by atoms with Gasteiger partial charge in [-0.05, 0) is 44.5 Å².